The van der Waals surface area contributed by atoms with Crippen LogP contribution >= 0.6 is 0 Å². The number of benzene rings is 1. The molecule has 0 spiro atoms. The van der Waals surface area contributed by atoms with E-state index in [9.17, 15) is 13.6 Å². The second-order valence-electron chi connectivity index (χ2n) is 5.22. The lowest BCUT2D eigenvalue weighted by Gasteiger charge is -2.24. The molecule has 2 atom stereocenters. The fraction of sp³-hybridized carbons (Fsp3) is 0.438. The van der Waals surface area contributed by atoms with Crippen molar-refractivity contribution in [3.63, 3.8) is 0 Å². The quantitative estimate of drug-likeness (QED) is 0.606. The highest BCUT2D eigenvalue weighted by molar-refractivity contribution is 5.97. The number of halogens is 2. The van der Waals surface area contributed by atoms with Crippen LogP contribution in [0.2, 0.25) is 0 Å². The van der Waals surface area contributed by atoms with E-state index in [4.69, 9.17) is 4.74 Å². The number of carbonyl (C=O) groups is 1. The Morgan fingerprint density at radius 1 is 1.25 bits per heavy atom. The Balaban J connectivity index is 1.88. The van der Waals surface area contributed by atoms with E-state index in [1.54, 1.807) is 0 Å². The fourth-order valence-electron chi connectivity index (χ4n) is 2.38. The first kappa shape index (κ1) is 14.9. The first-order chi connectivity index (χ1) is 9.59. The van der Waals surface area contributed by atoms with E-state index in [0.717, 1.165) is 25.0 Å². The Bertz CT molecular complexity index is 491. The van der Waals surface area contributed by atoms with Crippen LogP contribution < -0.4 is 0 Å². The summed E-state index contributed by atoms with van der Waals surface area (Å²) >= 11 is 0. The molecular weight excluding hydrogens is 262 g/mol. The average Bonchev–Trinajstić information content (AvgIpc) is 2.41. The van der Waals surface area contributed by atoms with Gasteiger partial charge in [0.1, 0.15) is 18.2 Å². The van der Waals surface area contributed by atoms with Gasteiger partial charge in [0.15, 0.2) is 5.78 Å². The van der Waals surface area contributed by atoms with Crippen LogP contribution in [0.25, 0.3) is 0 Å². The maximum absolute atomic E-state index is 13.4. The summed E-state index contributed by atoms with van der Waals surface area (Å²) < 4.78 is 32.2. The summed E-state index contributed by atoms with van der Waals surface area (Å²) in [5.74, 6) is -1.47. The Morgan fingerprint density at radius 3 is 2.55 bits per heavy atom. The Hall–Kier alpha value is -1.55. The van der Waals surface area contributed by atoms with Crippen molar-refractivity contribution in [2.45, 2.75) is 19.8 Å². The maximum atomic E-state index is 13.4. The lowest BCUT2D eigenvalue weighted by Crippen LogP contribution is -2.22. The molecule has 0 bridgehead atoms. The van der Waals surface area contributed by atoms with Crippen molar-refractivity contribution in [2.24, 2.45) is 11.8 Å². The molecule has 0 radical (unpaired) electrons. The van der Waals surface area contributed by atoms with E-state index in [1.165, 1.54) is 6.07 Å². The number of allylic oxidation sites excluding steroid dienone is 2. The highest BCUT2D eigenvalue weighted by Crippen LogP contribution is 2.25. The van der Waals surface area contributed by atoms with Gasteiger partial charge in [0.25, 0.3) is 0 Å². The van der Waals surface area contributed by atoms with Gasteiger partial charge < -0.3 is 4.74 Å². The number of hydrogen-bond acceptors (Lipinski definition) is 2. The molecule has 0 fully saturated rings. The van der Waals surface area contributed by atoms with Gasteiger partial charge in [-0.2, -0.15) is 0 Å². The molecule has 0 heterocycles. The van der Waals surface area contributed by atoms with Crippen LogP contribution in [-0.4, -0.2) is 19.0 Å². The van der Waals surface area contributed by atoms with Crippen molar-refractivity contribution in [1.82, 2.24) is 0 Å². The first-order valence-electron chi connectivity index (χ1n) is 6.79. The topological polar surface area (TPSA) is 26.3 Å². The molecule has 0 aliphatic heterocycles. The molecule has 2 nitrogen and oxygen atoms in total. The third-order valence-corrected chi connectivity index (χ3v) is 3.72. The highest BCUT2D eigenvalue weighted by Gasteiger charge is 2.20. The minimum absolute atomic E-state index is 0.287. The number of carbonyl (C=O) groups excluding carboxylic acids is 1. The van der Waals surface area contributed by atoms with Gasteiger partial charge in [-0.25, -0.2) is 8.78 Å². The van der Waals surface area contributed by atoms with Crippen LogP contribution in [0.1, 0.15) is 30.1 Å². The van der Waals surface area contributed by atoms with Gasteiger partial charge >= 0.3 is 0 Å². The zero-order chi connectivity index (χ0) is 14.5. The Kier molecular flexibility index (Phi) is 5.01. The molecule has 0 saturated heterocycles. The largest absolute Gasteiger partial charge is 0.373 e. The zero-order valence-electron chi connectivity index (χ0n) is 11.4. The van der Waals surface area contributed by atoms with Crippen LogP contribution in [-0.2, 0) is 4.74 Å². The SMILES string of the molecule is CC1CC=CCC1COCC(=O)c1c(F)cccc1F. The molecule has 1 aromatic carbocycles. The van der Waals surface area contributed by atoms with Crippen molar-refractivity contribution < 1.29 is 18.3 Å². The van der Waals surface area contributed by atoms with Crippen LogP contribution in [0.3, 0.4) is 0 Å². The van der Waals surface area contributed by atoms with Crippen LogP contribution in [0.5, 0.6) is 0 Å². The number of Topliss-reactive ketones (excluding diaryl/α,β-unsaturated/α-hetero) is 1. The van der Waals surface area contributed by atoms with E-state index >= 15 is 0 Å². The summed E-state index contributed by atoms with van der Waals surface area (Å²) in [7, 11) is 0. The second-order valence-corrected chi connectivity index (χ2v) is 5.22. The molecule has 0 N–H and O–H groups in total. The summed E-state index contributed by atoms with van der Waals surface area (Å²) in [5, 5.41) is 0. The van der Waals surface area contributed by atoms with Gasteiger partial charge in [-0.1, -0.05) is 25.1 Å². The molecule has 108 valence electrons. The second kappa shape index (κ2) is 6.75. The standard InChI is InChI=1S/C16H18F2O2/c1-11-5-2-3-6-12(11)9-20-10-15(19)16-13(17)7-4-8-14(16)18/h2-4,7-8,11-12H,5-6,9-10H2,1H3. The predicted octanol–water partition coefficient (Wildman–Crippen LogP) is 3.77. The van der Waals surface area contributed by atoms with Gasteiger partial charge in [-0.15, -0.1) is 0 Å². The minimum atomic E-state index is -0.840. The van der Waals surface area contributed by atoms with Gasteiger partial charge in [0, 0.05) is 0 Å². The van der Waals surface area contributed by atoms with Crippen LogP contribution in [0.15, 0.2) is 30.4 Å². The summed E-state index contributed by atoms with van der Waals surface area (Å²) in [5.41, 5.74) is -0.510. The first-order valence-corrected chi connectivity index (χ1v) is 6.79. The van der Waals surface area contributed by atoms with E-state index in [1.807, 2.05) is 0 Å². The fourth-order valence-corrected chi connectivity index (χ4v) is 2.38. The lowest BCUT2D eigenvalue weighted by atomic mass is 9.85. The number of hydrogen-bond donors (Lipinski definition) is 0. The molecule has 20 heavy (non-hydrogen) atoms. The summed E-state index contributed by atoms with van der Waals surface area (Å²) in [6.45, 7) is 2.29. The molecule has 2 rings (SSSR count). The predicted molar refractivity (Wildman–Crippen MR) is 72.5 cm³/mol. The number of ketones is 1. The molecule has 0 aromatic heterocycles. The van der Waals surface area contributed by atoms with Gasteiger partial charge in [0.2, 0.25) is 0 Å². The molecule has 4 heteroatoms. The van der Waals surface area contributed by atoms with Crippen molar-refractivity contribution in [2.75, 3.05) is 13.2 Å². The molecule has 2 unspecified atom stereocenters. The van der Waals surface area contributed by atoms with E-state index in [0.29, 0.717) is 18.4 Å². The number of ether oxygens (including phenoxy) is 1. The molecular formula is C16H18F2O2. The minimum Gasteiger partial charge on any atom is -0.373 e. The van der Waals surface area contributed by atoms with Crippen molar-refractivity contribution in [1.29, 1.82) is 0 Å². The normalized spacial score (nSPS) is 21.9. The molecule has 1 aromatic rings. The van der Waals surface area contributed by atoms with Gasteiger partial charge in [-0.3, -0.25) is 4.79 Å². The summed E-state index contributed by atoms with van der Waals surface area (Å²) in [4.78, 5) is 11.8. The Labute approximate surface area is 117 Å². The molecule has 0 saturated carbocycles. The van der Waals surface area contributed by atoms with Gasteiger partial charge in [0.05, 0.1) is 12.2 Å². The summed E-state index contributed by atoms with van der Waals surface area (Å²) in [6, 6.07) is 3.38. The van der Waals surface area contributed by atoms with E-state index in [2.05, 4.69) is 19.1 Å². The summed E-state index contributed by atoms with van der Waals surface area (Å²) in [6.07, 6.45) is 6.17. The number of rotatable bonds is 5. The molecule has 1 aliphatic rings. The lowest BCUT2D eigenvalue weighted by molar-refractivity contribution is 0.0596. The van der Waals surface area contributed by atoms with Crippen LogP contribution in [0.4, 0.5) is 8.78 Å². The van der Waals surface area contributed by atoms with Crippen LogP contribution in [0, 0.1) is 23.5 Å². The third kappa shape index (κ3) is 3.51. The van der Waals surface area contributed by atoms with Crippen molar-refractivity contribution in [3.05, 3.63) is 47.5 Å². The zero-order valence-corrected chi connectivity index (χ0v) is 11.4. The monoisotopic (exact) mass is 280 g/mol. The highest BCUT2D eigenvalue weighted by atomic mass is 19.1. The maximum Gasteiger partial charge on any atom is 0.194 e. The Morgan fingerprint density at radius 2 is 1.90 bits per heavy atom. The van der Waals surface area contributed by atoms with E-state index < -0.39 is 23.0 Å². The van der Waals surface area contributed by atoms with Gasteiger partial charge in [-0.05, 0) is 36.8 Å². The smallest absolute Gasteiger partial charge is 0.194 e. The van der Waals surface area contributed by atoms with Crippen molar-refractivity contribution in [3.8, 4) is 0 Å². The van der Waals surface area contributed by atoms with Crippen molar-refractivity contribution >= 4 is 5.78 Å². The molecule has 0 amide bonds. The van der Waals surface area contributed by atoms with E-state index in [-0.39, 0.29) is 6.61 Å². The molecule has 1 aliphatic carbocycles. The average molecular weight is 280 g/mol. The third-order valence-electron chi connectivity index (χ3n) is 3.72.